The summed E-state index contributed by atoms with van der Waals surface area (Å²) in [7, 11) is 2.84. The molecule has 2 aliphatic rings. The number of carbonyl (C=O) groups is 1. The van der Waals surface area contributed by atoms with Crippen molar-refractivity contribution < 1.29 is 38.7 Å². The lowest BCUT2D eigenvalue weighted by molar-refractivity contribution is -0.140. The van der Waals surface area contributed by atoms with E-state index in [4.69, 9.17) is 35.3 Å². The lowest BCUT2D eigenvalue weighted by atomic mass is 9.76. The third-order valence-electron chi connectivity index (χ3n) is 7.81. The van der Waals surface area contributed by atoms with Crippen molar-refractivity contribution >= 4 is 23.1 Å². The number of carboxylic acids is 1. The Morgan fingerprint density at radius 2 is 1.84 bits per heavy atom. The summed E-state index contributed by atoms with van der Waals surface area (Å²) >= 11 is 7.42. The maximum absolute atomic E-state index is 11.3. The number of halogens is 1. The van der Waals surface area contributed by atoms with Gasteiger partial charge in [-0.05, 0) is 30.6 Å². The van der Waals surface area contributed by atoms with Crippen LogP contribution in [0.3, 0.4) is 0 Å². The molecule has 1 aromatic carbocycles. The van der Waals surface area contributed by atoms with E-state index in [0.717, 1.165) is 50.4 Å². The molecular formula is C31H41ClN4O8. The van der Waals surface area contributed by atoms with Crippen molar-refractivity contribution in [3.05, 3.63) is 59.7 Å². The van der Waals surface area contributed by atoms with Gasteiger partial charge in [0.1, 0.15) is 23.1 Å². The number of hydrogen-bond donors (Lipinski definition) is 3. The van der Waals surface area contributed by atoms with Crippen LogP contribution in [0.1, 0.15) is 24.5 Å². The van der Waals surface area contributed by atoms with Crippen molar-refractivity contribution in [3.8, 4) is 17.8 Å². The Labute approximate surface area is 262 Å². The Hall–Kier alpha value is -3.26. The van der Waals surface area contributed by atoms with E-state index in [1.165, 1.54) is 14.2 Å². The molecule has 3 unspecified atom stereocenters. The number of allylic oxidation sites excluding steroid dienone is 2. The van der Waals surface area contributed by atoms with Gasteiger partial charge < -0.3 is 33.9 Å². The average Bonchev–Trinajstić information content (AvgIpc) is 3.04. The first-order chi connectivity index (χ1) is 21.2. The first kappa shape index (κ1) is 33.6. The number of ether oxygens (including phenoxy) is 5. The highest BCUT2D eigenvalue weighted by Crippen LogP contribution is 2.47. The van der Waals surface area contributed by atoms with E-state index >= 15 is 0 Å². The van der Waals surface area contributed by atoms with Crippen LogP contribution in [0, 0.1) is 0 Å². The molecule has 1 saturated heterocycles. The standard InChI is InChI=1S/C31H41ClN4O8/c1-30(32)24(22-9-5-4-6-10-22)11-7-12-31(30,44-16-8-13-36-14-17-42-18-15-36)21-43-29-34-26(40-2)23(27(35-29)41-3)19-33-25(20-37)28(38)39/h4-7,9-12,25,33,37H,8,13-21H2,1-3H3,(H,38,39). The fourth-order valence-electron chi connectivity index (χ4n) is 5.21. The van der Waals surface area contributed by atoms with Gasteiger partial charge >= 0.3 is 12.0 Å². The third kappa shape index (κ3) is 7.87. The minimum absolute atomic E-state index is 0.0270. The number of aliphatic hydroxyl groups excluding tert-OH is 1. The minimum atomic E-state index is -1.20. The highest BCUT2D eigenvalue weighted by atomic mass is 35.5. The quantitative estimate of drug-likeness (QED) is 0.185. The second kappa shape index (κ2) is 15.6. The van der Waals surface area contributed by atoms with Gasteiger partial charge in [0, 0.05) is 32.8 Å². The van der Waals surface area contributed by atoms with Crippen LogP contribution in [0.5, 0.6) is 17.8 Å². The smallest absolute Gasteiger partial charge is 0.323 e. The molecule has 3 N–H and O–H groups in total. The molecule has 1 aliphatic carbocycles. The number of alkyl halides is 1. The van der Waals surface area contributed by atoms with Gasteiger partial charge in [0.2, 0.25) is 11.8 Å². The Morgan fingerprint density at radius 1 is 1.16 bits per heavy atom. The second-order valence-electron chi connectivity index (χ2n) is 10.6. The lowest BCUT2D eigenvalue weighted by Gasteiger charge is -2.45. The average molecular weight is 633 g/mol. The van der Waals surface area contributed by atoms with Gasteiger partial charge in [-0.3, -0.25) is 15.0 Å². The number of aliphatic carboxylic acids is 1. The molecule has 0 saturated carbocycles. The summed E-state index contributed by atoms with van der Waals surface area (Å²) in [6, 6.07) is 8.67. The van der Waals surface area contributed by atoms with E-state index in [1.807, 2.05) is 55.5 Å². The zero-order valence-corrected chi connectivity index (χ0v) is 26.1. The van der Waals surface area contributed by atoms with Crippen molar-refractivity contribution in [3.63, 3.8) is 0 Å². The maximum atomic E-state index is 11.3. The number of morpholine rings is 1. The normalized spacial score (nSPS) is 22.7. The topological polar surface area (TPSA) is 145 Å². The van der Waals surface area contributed by atoms with Crippen molar-refractivity contribution in [2.45, 2.75) is 36.4 Å². The van der Waals surface area contributed by atoms with Crippen LogP contribution in [-0.2, 0) is 20.8 Å². The number of carboxylic acid groups (broad SMARTS) is 1. The molecule has 2 aromatic rings. The van der Waals surface area contributed by atoms with Crippen LogP contribution in [0.2, 0.25) is 0 Å². The molecule has 3 atom stereocenters. The van der Waals surface area contributed by atoms with Crippen LogP contribution in [0.15, 0.2) is 48.6 Å². The van der Waals surface area contributed by atoms with Crippen molar-refractivity contribution in [1.29, 1.82) is 0 Å². The monoisotopic (exact) mass is 632 g/mol. The van der Waals surface area contributed by atoms with Gasteiger partial charge in [-0.25, -0.2) is 0 Å². The fourth-order valence-corrected chi connectivity index (χ4v) is 5.55. The summed E-state index contributed by atoms with van der Waals surface area (Å²) in [5.41, 5.74) is 1.12. The van der Waals surface area contributed by atoms with Gasteiger partial charge in [0.25, 0.3) is 0 Å². The van der Waals surface area contributed by atoms with E-state index < -0.39 is 29.1 Å². The van der Waals surface area contributed by atoms with E-state index in [1.54, 1.807) is 0 Å². The van der Waals surface area contributed by atoms with Crippen molar-refractivity contribution in [1.82, 2.24) is 20.2 Å². The molecule has 12 nitrogen and oxygen atoms in total. The molecule has 0 amide bonds. The SMILES string of the molecule is COc1nc(OCC2(OCCCN3CCOCC3)C=CC=C(c3ccccc3)C2(C)Cl)nc(OC)c1CNC(CO)C(=O)O. The number of hydrogen-bond acceptors (Lipinski definition) is 11. The molecular weight excluding hydrogens is 592 g/mol. The van der Waals surface area contributed by atoms with E-state index in [0.29, 0.717) is 12.2 Å². The molecule has 44 heavy (non-hydrogen) atoms. The Bertz CT molecular complexity index is 1280. The predicted molar refractivity (Wildman–Crippen MR) is 164 cm³/mol. The number of benzene rings is 1. The highest BCUT2D eigenvalue weighted by Gasteiger charge is 2.51. The maximum Gasteiger partial charge on any atom is 0.323 e. The molecule has 4 rings (SSSR count). The van der Waals surface area contributed by atoms with Crippen LogP contribution in [0.4, 0.5) is 0 Å². The Kier molecular flexibility index (Phi) is 12.0. The molecule has 2 heterocycles. The summed E-state index contributed by atoms with van der Waals surface area (Å²) in [6.07, 6.45) is 6.61. The first-order valence-corrected chi connectivity index (χ1v) is 14.9. The van der Waals surface area contributed by atoms with Gasteiger partial charge in [0.05, 0.1) is 39.6 Å². The molecule has 0 radical (unpaired) electrons. The van der Waals surface area contributed by atoms with Crippen LogP contribution in [-0.4, -0.2) is 114 Å². The molecule has 0 spiro atoms. The highest BCUT2D eigenvalue weighted by molar-refractivity contribution is 6.31. The van der Waals surface area contributed by atoms with Crippen LogP contribution >= 0.6 is 11.6 Å². The largest absolute Gasteiger partial charge is 0.481 e. The fraction of sp³-hybridized carbons (Fsp3) is 0.516. The Morgan fingerprint density at radius 3 is 2.45 bits per heavy atom. The molecule has 1 fully saturated rings. The van der Waals surface area contributed by atoms with E-state index in [2.05, 4.69) is 20.2 Å². The number of rotatable bonds is 16. The molecule has 1 aromatic heterocycles. The zero-order chi connectivity index (χ0) is 31.6. The van der Waals surface area contributed by atoms with Gasteiger partial charge in [-0.1, -0.05) is 42.5 Å². The number of aliphatic hydroxyl groups is 1. The number of nitrogens with zero attached hydrogens (tertiary/aromatic N) is 3. The van der Waals surface area contributed by atoms with Crippen molar-refractivity contribution in [2.75, 3.05) is 66.9 Å². The van der Waals surface area contributed by atoms with Gasteiger partial charge in [0.15, 0.2) is 0 Å². The number of aromatic nitrogens is 2. The summed E-state index contributed by atoms with van der Waals surface area (Å²) in [6.45, 7) is 5.82. The molecule has 1 aliphatic heterocycles. The lowest BCUT2D eigenvalue weighted by Crippen LogP contribution is -2.55. The first-order valence-electron chi connectivity index (χ1n) is 14.5. The van der Waals surface area contributed by atoms with Crippen LogP contribution < -0.4 is 19.5 Å². The summed E-state index contributed by atoms with van der Waals surface area (Å²) in [4.78, 5) is 21.5. The van der Waals surface area contributed by atoms with Gasteiger partial charge in [-0.2, -0.15) is 9.97 Å². The predicted octanol–water partition coefficient (Wildman–Crippen LogP) is 2.54. The molecule has 13 heteroatoms. The van der Waals surface area contributed by atoms with E-state index in [-0.39, 0.29) is 30.9 Å². The summed E-state index contributed by atoms with van der Waals surface area (Å²) < 4.78 is 29.2. The van der Waals surface area contributed by atoms with Gasteiger partial charge in [-0.15, -0.1) is 11.6 Å². The van der Waals surface area contributed by atoms with Crippen molar-refractivity contribution in [2.24, 2.45) is 0 Å². The summed E-state index contributed by atoms with van der Waals surface area (Å²) in [5, 5.41) is 21.4. The van der Waals surface area contributed by atoms with Crippen LogP contribution in [0.25, 0.3) is 5.57 Å². The third-order valence-corrected chi connectivity index (χ3v) is 8.34. The molecule has 0 bridgehead atoms. The number of nitrogens with one attached hydrogen (secondary N) is 1. The zero-order valence-electron chi connectivity index (χ0n) is 25.3. The summed E-state index contributed by atoms with van der Waals surface area (Å²) in [5.74, 6) is -0.950. The second-order valence-corrected chi connectivity index (χ2v) is 11.4. The number of methoxy groups -OCH3 is 2. The Balaban J connectivity index is 1.57. The van der Waals surface area contributed by atoms with E-state index in [9.17, 15) is 15.0 Å². The minimum Gasteiger partial charge on any atom is -0.481 e. The molecule has 240 valence electrons.